The van der Waals surface area contributed by atoms with Crippen LogP contribution in [-0.2, 0) is 10.0 Å². The minimum Gasteiger partial charge on any atom is -0.393 e. The zero-order valence-electron chi connectivity index (χ0n) is 8.83. The summed E-state index contributed by atoms with van der Waals surface area (Å²) in [5, 5.41) is 14.6. The predicted octanol–water partition coefficient (Wildman–Crippen LogP) is 0.962. The van der Waals surface area contributed by atoms with Crippen LogP contribution in [0.25, 0.3) is 0 Å². The van der Waals surface area contributed by atoms with Crippen molar-refractivity contribution in [1.82, 2.24) is 0 Å². The molecule has 0 bridgehead atoms. The molecule has 16 heavy (non-hydrogen) atoms. The molecule has 2 atom stereocenters. The van der Waals surface area contributed by atoms with Gasteiger partial charge >= 0.3 is 0 Å². The fraction of sp³-hybridized carbons (Fsp3) is 0.455. The van der Waals surface area contributed by atoms with Gasteiger partial charge in [-0.3, -0.25) is 0 Å². The van der Waals surface area contributed by atoms with Gasteiger partial charge < -0.3 is 5.11 Å². The van der Waals surface area contributed by atoms with Crippen LogP contribution in [-0.4, -0.2) is 19.6 Å². The number of rotatable bonds is 2. The van der Waals surface area contributed by atoms with Gasteiger partial charge in [0.2, 0.25) is 10.0 Å². The van der Waals surface area contributed by atoms with E-state index in [1.807, 2.05) is 0 Å². The first kappa shape index (κ1) is 11.6. The first-order chi connectivity index (χ1) is 7.48. The van der Waals surface area contributed by atoms with Gasteiger partial charge in [0.1, 0.15) is 0 Å². The van der Waals surface area contributed by atoms with E-state index in [1.165, 1.54) is 6.07 Å². The number of nitrogens with two attached hydrogens (primary N) is 1. The highest BCUT2D eigenvalue weighted by atomic mass is 32.2. The number of hydrogen-bond acceptors (Lipinski definition) is 3. The molecule has 1 fully saturated rings. The van der Waals surface area contributed by atoms with Gasteiger partial charge in [0.05, 0.1) is 11.0 Å². The van der Waals surface area contributed by atoms with Gasteiger partial charge in [0, 0.05) is 0 Å². The Bertz CT molecular complexity index is 484. The van der Waals surface area contributed by atoms with Gasteiger partial charge in [-0.05, 0) is 36.8 Å². The second-order valence-electron chi connectivity index (χ2n) is 4.25. The molecule has 0 amide bonds. The minimum absolute atomic E-state index is 0.101. The lowest BCUT2D eigenvalue weighted by Crippen LogP contribution is -2.15. The minimum atomic E-state index is -3.67. The molecule has 0 radical (unpaired) electrons. The topological polar surface area (TPSA) is 80.4 Å². The van der Waals surface area contributed by atoms with Crippen molar-refractivity contribution < 1.29 is 13.5 Å². The van der Waals surface area contributed by atoms with E-state index in [0.29, 0.717) is 6.42 Å². The smallest absolute Gasteiger partial charge is 0.238 e. The van der Waals surface area contributed by atoms with Crippen LogP contribution in [0.2, 0.25) is 0 Å². The summed E-state index contributed by atoms with van der Waals surface area (Å²) in [6.45, 7) is 0. The summed E-state index contributed by atoms with van der Waals surface area (Å²) in [6.07, 6.45) is 1.84. The van der Waals surface area contributed by atoms with Crippen molar-refractivity contribution >= 4 is 10.0 Å². The summed E-state index contributed by atoms with van der Waals surface area (Å²) in [5.74, 6) is 0.101. The van der Waals surface area contributed by atoms with Crippen LogP contribution in [0, 0.1) is 0 Å². The summed E-state index contributed by atoms with van der Waals surface area (Å²) in [6, 6.07) is 6.77. The molecule has 0 aliphatic heterocycles. The van der Waals surface area contributed by atoms with E-state index in [4.69, 9.17) is 5.14 Å². The first-order valence-electron chi connectivity index (χ1n) is 5.28. The van der Waals surface area contributed by atoms with E-state index >= 15 is 0 Å². The maximum atomic E-state index is 11.4. The molecule has 0 spiro atoms. The lowest BCUT2D eigenvalue weighted by atomic mass is 9.98. The molecule has 1 aliphatic rings. The lowest BCUT2D eigenvalue weighted by molar-refractivity contribution is 0.181. The summed E-state index contributed by atoms with van der Waals surface area (Å²) in [4.78, 5) is 0.189. The molecule has 4 nitrogen and oxygen atoms in total. The van der Waals surface area contributed by atoms with Crippen molar-refractivity contribution in [3.05, 3.63) is 29.8 Å². The van der Waals surface area contributed by atoms with Crippen molar-refractivity contribution in [1.29, 1.82) is 0 Å². The van der Waals surface area contributed by atoms with E-state index in [-0.39, 0.29) is 16.9 Å². The highest BCUT2D eigenvalue weighted by Crippen LogP contribution is 2.36. The van der Waals surface area contributed by atoms with E-state index < -0.39 is 10.0 Å². The largest absolute Gasteiger partial charge is 0.393 e. The van der Waals surface area contributed by atoms with Crippen LogP contribution >= 0.6 is 0 Å². The molecule has 88 valence electrons. The van der Waals surface area contributed by atoms with Crippen LogP contribution in [0.1, 0.15) is 30.7 Å². The average Bonchev–Trinajstić information content (AvgIpc) is 2.64. The Kier molecular flexibility index (Phi) is 3.01. The molecule has 2 unspecified atom stereocenters. The Hall–Kier alpha value is -0.910. The number of hydrogen-bond donors (Lipinski definition) is 2. The van der Waals surface area contributed by atoms with Crippen molar-refractivity contribution in [2.24, 2.45) is 5.14 Å². The van der Waals surface area contributed by atoms with Crippen molar-refractivity contribution in [3.8, 4) is 0 Å². The Balaban J connectivity index is 2.41. The number of sulfonamides is 1. The maximum Gasteiger partial charge on any atom is 0.238 e. The van der Waals surface area contributed by atoms with E-state index in [2.05, 4.69) is 0 Å². The Morgan fingerprint density at radius 3 is 2.50 bits per heavy atom. The monoisotopic (exact) mass is 241 g/mol. The molecule has 1 aliphatic carbocycles. The van der Waals surface area contributed by atoms with Crippen LogP contribution in [0.3, 0.4) is 0 Å². The van der Waals surface area contributed by atoms with Gasteiger partial charge in [-0.15, -0.1) is 0 Å². The Morgan fingerprint density at radius 1 is 1.25 bits per heavy atom. The summed E-state index contributed by atoms with van der Waals surface area (Å²) in [7, 11) is -3.67. The zero-order chi connectivity index (χ0) is 11.8. The molecule has 1 saturated carbocycles. The van der Waals surface area contributed by atoms with E-state index in [1.54, 1.807) is 18.2 Å². The molecular weight excluding hydrogens is 226 g/mol. The molecule has 0 saturated heterocycles. The summed E-state index contributed by atoms with van der Waals surface area (Å²) >= 11 is 0. The molecule has 3 N–H and O–H groups in total. The number of primary sulfonamides is 1. The van der Waals surface area contributed by atoms with Gasteiger partial charge in [-0.25, -0.2) is 13.6 Å². The lowest BCUT2D eigenvalue weighted by Gasteiger charge is -2.13. The van der Waals surface area contributed by atoms with Crippen LogP contribution in [0.5, 0.6) is 0 Å². The fourth-order valence-corrected chi connectivity index (χ4v) is 3.15. The van der Waals surface area contributed by atoms with Gasteiger partial charge in [-0.2, -0.15) is 0 Å². The molecule has 1 aromatic rings. The highest BCUT2D eigenvalue weighted by molar-refractivity contribution is 7.89. The molecule has 5 heteroatoms. The second-order valence-corrected chi connectivity index (χ2v) is 5.78. The zero-order valence-corrected chi connectivity index (χ0v) is 9.65. The highest BCUT2D eigenvalue weighted by Gasteiger charge is 2.27. The van der Waals surface area contributed by atoms with Gasteiger partial charge in [0.25, 0.3) is 0 Å². The maximum absolute atomic E-state index is 11.4. The number of benzene rings is 1. The Morgan fingerprint density at radius 2 is 1.94 bits per heavy atom. The van der Waals surface area contributed by atoms with Crippen molar-refractivity contribution in [3.63, 3.8) is 0 Å². The number of aliphatic hydroxyl groups is 1. The fourth-order valence-electron chi connectivity index (χ4n) is 2.32. The SMILES string of the molecule is NS(=O)(=O)c1ccccc1C1CCC(O)C1. The predicted molar refractivity (Wildman–Crippen MR) is 60.4 cm³/mol. The standard InChI is InChI=1S/C11H15NO3S/c12-16(14,15)11-4-2-1-3-10(11)8-5-6-9(13)7-8/h1-4,8-9,13H,5-7H2,(H2,12,14,15). The molecular formula is C11H15NO3S. The van der Waals surface area contributed by atoms with Crippen LogP contribution in [0.15, 0.2) is 29.2 Å². The quantitative estimate of drug-likeness (QED) is 0.809. The van der Waals surface area contributed by atoms with Crippen molar-refractivity contribution in [2.45, 2.75) is 36.2 Å². The summed E-state index contributed by atoms with van der Waals surface area (Å²) < 4.78 is 22.8. The van der Waals surface area contributed by atoms with E-state index in [0.717, 1.165) is 18.4 Å². The van der Waals surface area contributed by atoms with Crippen LogP contribution < -0.4 is 5.14 Å². The third-order valence-corrected chi connectivity index (χ3v) is 4.06. The second kappa shape index (κ2) is 4.16. The van der Waals surface area contributed by atoms with Gasteiger partial charge in [-0.1, -0.05) is 18.2 Å². The molecule has 0 aromatic heterocycles. The molecule has 1 aromatic carbocycles. The summed E-state index contributed by atoms with van der Waals surface area (Å²) in [5.41, 5.74) is 0.738. The van der Waals surface area contributed by atoms with Gasteiger partial charge in [0.15, 0.2) is 0 Å². The first-order valence-corrected chi connectivity index (χ1v) is 6.83. The molecule has 0 heterocycles. The number of aliphatic hydroxyl groups excluding tert-OH is 1. The van der Waals surface area contributed by atoms with Crippen molar-refractivity contribution in [2.75, 3.05) is 0 Å². The normalized spacial score (nSPS) is 25.9. The molecule has 2 rings (SSSR count). The Labute approximate surface area is 95.1 Å². The third kappa shape index (κ3) is 2.26. The third-order valence-electron chi connectivity index (χ3n) is 3.07. The van der Waals surface area contributed by atoms with E-state index in [9.17, 15) is 13.5 Å². The average molecular weight is 241 g/mol. The van der Waals surface area contributed by atoms with Crippen LogP contribution in [0.4, 0.5) is 0 Å².